The zero-order valence-corrected chi connectivity index (χ0v) is 13.5. The summed E-state index contributed by atoms with van der Waals surface area (Å²) in [6.07, 6.45) is 10.6. The van der Waals surface area contributed by atoms with Gasteiger partial charge in [0.1, 0.15) is 0 Å². The number of rotatable bonds is 6. The largest absolute Gasteiger partial charge is 0.379 e. The molecule has 0 aromatic rings. The first kappa shape index (κ1) is 14.5. The Morgan fingerprint density at radius 3 is 2.19 bits per heavy atom. The van der Waals surface area contributed by atoms with Gasteiger partial charge in [0, 0.05) is 19.6 Å². The Hall–Kier alpha value is -0.120. The second-order valence-corrected chi connectivity index (χ2v) is 8.40. The minimum atomic E-state index is 0.702. The number of nitrogens with zero attached hydrogens (tertiary/aromatic N) is 1. The molecule has 0 aromatic heterocycles. The average Bonchev–Trinajstić information content (AvgIpc) is 2.46. The Labute approximate surface area is 129 Å². The van der Waals surface area contributed by atoms with Crippen LogP contribution in [0.15, 0.2) is 0 Å². The lowest BCUT2D eigenvalue weighted by atomic mass is 9.49. The number of hydrogen-bond acceptors (Lipinski definition) is 3. The molecule has 120 valence electrons. The van der Waals surface area contributed by atoms with Crippen LogP contribution < -0.4 is 5.32 Å². The predicted molar refractivity (Wildman–Crippen MR) is 85.4 cm³/mol. The number of hydrogen-bond donors (Lipinski definition) is 1. The molecule has 3 nitrogen and oxygen atoms in total. The van der Waals surface area contributed by atoms with Crippen LogP contribution in [-0.4, -0.2) is 50.8 Å². The molecule has 5 aliphatic rings. The van der Waals surface area contributed by atoms with Crippen LogP contribution in [0.5, 0.6) is 0 Å². The van der Waals surface area contributed by atoms with Crippen molar-refractivity contribution in [3.05, 3.63) is 0 Å². The highest BCUT2D eigenvalue weighted by Crippen LogP contribution is 2.59. The number of morpholine rings is 1. The zero-order chi connectivity index (χ0) is 14.1. The summed E-state index contributed by atoms with van der Waals surface area (Å²) in [7, 11) is 0. The Kier molecular flexibility index (Phi) is 4.25. The molecular formula is C18H32N2O. The summed E-state index contributed by atoms with van der Waals surface area (Å²) in [5.74, 6) is 3.27. The summed E-state index contributed by atoms with van der Waals surface area (Å²) < 4.78 is 5.41. The van der Waals surface area contributed by atoms with E-state index < -0.39 is 0 Å². The second kappa shape index (κ2) is 6.17. The molecule has 1 saturated heterocycles. The van der Waals surface area contributed by atoms with Crippen molar-refractivity contribution in [2.24, 2.45) is 23.2 Å². The van der Waals surface area contributed by atoms with Crippen molar-refractivity contribution < 1.29 is 4.74 Å². The van der Waals surface area contributed by atoms with Gasteiger partial charge < -0.3 is 10.1 Å². The molecule has 0 amide bonds. The van der Waals surface area contributed by atoms with Crippen LogP contribution in [0.2, 0.25) is 0 Å². The first-order valence-corrected chi connectivity index (χ1v) is 9.32. The second-order valence-electron chi connectivity index (χ2n) is 8.40. The van der Waals surface area contributed by atoms with Gasteiger partial charge in [0.15, 0.2) is 0 Å². The SMILES string of the molecule is C(CNCC12CC3CC(CC(C3)C1)C2)CN1CCOCC1. The van der Waals surface area contributed by atoms with Gasteiger partial charge in [0.2, 0.25) is 0 Å². The molecule has 0 spiro atoms. The molecule has 0 radical (unpaired) electrons. The van der Waals surface area contributed by atoms with Gasteiger partial charge in [-0.2, -0.15) is 0 Å². The minimum absolute atomic E-state index is 0.702. The van der Waals surface area contributed by atoms with Gasteiger partial charge in [0.25, 0.3) is 0 Å². The molecule has 21 heavy (non-hydrogen) atoms. The van der Waals surface area contributed by atoms with Crippen LogP contribution in [0.3, 0.4) is 0 Å². The van der Waals surface area contributed by atoms with E-state index in [0.717, 1.165) is 44.1 Å². The summed E-state index contributed by atoms with van der Waals surface area (Å²) in [6, 6.07) is 0. The van der Waals surface area contributed by atoms with E-state index in [-0.39, 0.29) is 0 Å². The molecule has 1 N–H and O–H groups in total. The van der Waals surface area contributed by atoms with Crippen LogP contribution >= 0.6 is 0 Å². The highest BCUT2D eigenvalue weighted by atomic mass is 16.5. The van der Waals surface area contributed by atoms with Crippen LogP contribution in [0.25, 0.3) is 0 Å². The first-order chi connectivity index (χ1) is 10.3. The van der Waals surface area contributed by atoms with E-state index in [1.54, 1.807) is 19.3 Å². The van der Waals surface area contributed by atoms with Crippen molar-refractivity contribution in [3.8, 4) is 0 Å². The smallest absolute Gasteiger partial charge is 0.0594 e. The van der Waals surface area contributed by atoms with Crippen molar-refractivity contribution in [2.75, 3.05) is 45.9 Å². The van der Waals surface area contributed by atoms with E-state index in [1.165, 1.54) is 45.3 Å². The Bertz CT molecular complexity index is 316. The molecule has 0 aromatic carbocycles. The monoisotopic (exact) mass is 292 g/mol. The predicted octanol–water partition coefficient (Wildman–Crippen LogP) is 2.51. The van der Waals surface area contributed by atoms with Crippen LogP contribution in [0.4, 0.5) is 0 Å². The lowest BCUT2D eigenvalue weighted by Crippen LogP contribution is -2.50. The van der Waals surface area contributed by atoms with Gasteiger partial charge in [-0.05, 0) is 81.2 Å². The highest BCUT2D eigenvalue weighted by Gasteiger charge is 2.50. The molecule has 4 aliphatic carbocycles. The molecule has 0 unspecified atom stereocenters. The maximum atomic E-state index is 5.41. The van der Waals surface area contributed by atoms with Crippen LogP contribution in [-0.2, 0) is 4.74 Å². The number of nitrogens with one attached hydrogen (secondary N) is 1. The Morgan fingerprint density at radius 2 is 1.57 bits per heavy atom. The first-order valence-electron chi connectivity index (χ1n) is 9.32. The highest BCUT2D eigenvalue weighted by molar-refractivity contribution is 5.02. The molecule has 1 aliphatic heterocycles. The fourth-order valence-corrected chi connectivity index (χ4v) is 6.11. The van der Waals surface area contributed by atoms with E-state index in [9.17, 15) is 0 Å². The third-order valence-corrected chi connectivity index (χ3v) is 6.60. The molecule has 5 rings (SSSR count). The fraction of sp³-hybridized carbons (Fsp3) is 1.00. The van der Waals surface area contributed by atoms with Gasteiger partial charge >= 0.3 is 0 Å². The Morgan fingerprint density at radius 1 is 0.952 bits per heavy atom. The van der Waals surface area contributed by atoms with Gasteiger partial charge in [-0.1, -0.05) is 0 Å². The van der Waals surface area contributed by atoms with Gasteiger partial charge in [-0.25, -0.2) is 0 Å². The molecule has 5 fully saturated rings. The lowest BCUT2D eigenvalue weighted by Gasteiger charge is -2.57. The van der Waals surface area contributed by atoms with Gasteiger partial charge in [-0.15, -0.1) is 0 Å². The summed E-state index contributed by atoms with van der Waals surface area (Å²) in [6.45, 7) is 7.89. The Balaban J connectivity index is 1.17. The van der Waals surface area contributed by atoms with E-state index in [1.807, 2.05) is 0 Å². The average molecular weight is 292 g/mol. The summed E-state index contributed by atoms with van der Waals surface area (Å²) in [5, 5.41) is 3.82. The minimum Gasteiger partial charge on any atom is -0.379 e. The van der Waals surface area contributed by atoms with E-state index in [0.29, 0.717) is 5.41 Å². The van der Waals surface area contributed by atoms with E-state index in [4.69, 9.17) is 4.74 Å². The molecule has 4 bridgehead atoms. The zero-order valence-electron chi connectivity index (χ0n) is 13.5. The molecule has 3 heteroatoms. The van der Waals surface area contributed by atoms with Crippen molar-refractivity contribution in [1.82, 2.24) is 10.2 Å². The maximum absolute atomic E-state index is 5.41. The quantitative estimate of drug-likeness (QED) is 0.761. The van der Waals surface area contributed by atoms with Gasteiger partial charge in [-0.3, -0.25) is 4.90 Å². The lowest BCUT2D eigenvalue weighted by molar-refractivity contribution is -0.0512. The van der Waals surface area contributed by atoms with E-state index >= 15 is 0 Å². The van der Waals surface area contributed by atoms with Crippen LogP contribution in [0.1, 0.15) is 44.9 Å². The normalized spacial score (nSPS) is 42.6. The van der Waals surface area contributed by atoms with Crippen molar-refractivity contribution in [3.63, 3.8) is 0 Å². The third kappa shape index (κ3) is 3.30. The molecule has 4 saturated carbocycles. The summed E-state index contributed by atoms with van der Waals surface area (Å²) in [5.41, 5.74) is 0.702. The maximum Gasteiger partial charge on any atom is 0.0594 e. The van der Waals surface area contributed by atoms with Crippen molar-refractivity contribution in [1.29, 1.82) is 0 Å². The summed E-state index contributed by atoms with van der Waals surface area (Å²) in [4.78, 5) is 2.55. The standard InChI is InChI=1S/C18H32N2O/c1(3-20-4-6-21-7-5-20)2-19-14-18-11-15-8-16(12-18)10-17(9-15)13-18/h15-17,19H,1-14H2. The molecule has 1 heterocycles. The van der Waals surface area contributed by atoms with Crippen molar-refractivity contribution in [2.45, 2.75) is 44.9 Å². The third-order valence-electron chi connectivity index (χ3n) is 6.60. The number of ether oxygens (including phenoxy) is 1. The van der Waals surface area contributed by atoms with Gasteiger partial charge in [0.05, 0.1) is 13.2 Å². The molecular weight excluding hydrogens is 260 g/mol. The summed E-state index contributed by atoms with van der Waals surface area (Å²) >= 11 is 0. The van der Waals surface area contributed by atoms with Crippen molar-refractivity contribution >= 4 is 0 Å². The fourth-order valence-electron chi connectivity index (χ4n) is 6.11. The topological polar surface area (TPSA) is 24.5 Å². The van der Waals surface area contributed by atoms with Crippen LogP contribution in [0, 0.1) is 23.2 Å². The molecule has 0 atom stereocenters. The van der Waals surface area contributed by atoms with E-state index in [2.05, 4.69) is 10.2 Å².